The van der Waals surface area contributed by atoms with Gasteiger partial charge in [0, 0.05) is 5.39 Å². The van der Waals surface area contributed by atoms with Crippen LogP contribution in [0.2, 0.25) is 0 Å². The Hall–Kier alpha value is -3.19. The Labute approximate surface area is 146 Å². The molecule has 0 amide bonds. The van der Waals surface area contributed by atoms with E-state index in [1.54, 1.807) is 6.07 Å². The van der Waals surface area contributed by atoms with E-state index in [1.165, 1.54) is 7.11 Å². The second-order valence-corrected chi connectivity index (χ2v) is 6.22. The molecule has 124 valence electrons. The van der Waals surface area contributed by atoms with Gasteiger partial charge in [0.05, 0.1) is 29.7 Å². The number of ether oxygens (including phenoxy) is 1. The first-order valence-electron chi connectivity index (χ1n) is 7.99. The van der Waals surface area contributed by atoms with E-state index in [2.05, 4.69) is 11.1 Å². The number of nitriles is 1. The number of hydrogen-bond donors (Lipinski definition) is 0. The molecule has 3 rings (SSSR count). The largest absolute Gasteiger partial charge is 0.480 e. The lowest BCUT2D eigenvalue weighted by atomic mass is 9.78. The van der Waals surface area contributed by atoms with Crippen LogP contribution in [0.25, 0.3) is 10.9 Å². The molecule has 0 radical (unpaired) electrons. The van der Waals surface area contributed by atoms with E-state index < -0.39 is 5.41 Å². The van der Waals surface area contributed by atoms with Crippen molar-refractivity contribution in [3.05, 3.63) is 71.3 Å². The third kappa shape index (κ3) is 3.22. The van der Waals surface area contributed by atoms with Gasteiger partial charge in [-0.25, -0.2) is 4.98 Å². The highest BCUT2D eigenvalue weighted by atomic mass is 16.5. The number of aldehydes is 1. The molecule has 4 heteroatoms. The van der Waals surface area contributed by atoms with Crippen molar-refractivity contribution < 1.29 is 9.53 Å². The lowest BCUT2D eigenvalue weighted by Crippen LogP contribution is -2.22. The van der Waals surface area contributed by atoms with Crippen LogP contribution in [0.5, 0.6) is 5.88 Å². The van der Waals surface area contributed by atoms with E-state index in [1.807, 2.05) is 55.5 Å². The maximum absolute atomic E-state index is 11.1. The first-order valence-corrected chi connectivity index (χ1v) is 7.99. The van der Waals surface area contributed by atoms with Crippen molar-refractivity contribution in [2.45, 2.75) is 18.8 Å². The fraction of sp³-hybridized carbons (Fsp3) is 0.190. The number of methoxy groups -OCH3 is 1. The highest BCUT2D eigenvalue weighted by Crippen LogP contribution is 2.31. The second kappa shape index (κ2) is 6.74. The Bertz CT molecular complexity index is 961. The zero-order valence-electron chi connectivity index (χ0n) is 14.2. The Morgan fingerprint density at radius 2 is 1.96 bits per heavy atom. The molecule has 0 saturated carbocycles. The first-order chi connectivity index (χ1) is 12.1. The van der Waals surface area contributed by atoms with E-state index in [0.717, 1.165) is 22.8 Å². The molecule has 1 aromatic heterocycles. The smallest absolute Gasteiger partial charge is 0.224 e. The van der Waals surface area contributed by atoms with Crippen LogP contribution in [0.1, 0.15) is 28.4 Å². The van der Waals surface area contributed by atoms with Crippen LogP contribution in [0, 0.1) is 11.3 Å². The highest BCUT2D eigenvalue weighted by Gasteiger charge is 2.27. The Morgan fingerprint density at radius 1 is 1.20 bits per heavy atom. The number of benzene rings is 2. The summed E-state index contributed by atoms with van der Waals surface area (Å²) in [6.07, 6.45) is 1.34. The van der Waals surface area contributed by atoms with Gasteiger partial charge in [0.15, 0.2) is 6.29 Å². The maximum atomic E-state index is 11.1. The van der Waals surface area contributed by atoms with Crippen molar-refractivity contribution in [1.82, 2.24) is 4.98 Å². The third-order valence-corrected chi connectivity index (χ3v) is 4.42. The van der Waals surface area contributed by atoms with Crippen LogP contribution in [-0.4, -0.2) is 18.4 Å². The molecule has 0 aliphatic heterocycles. The van der Waals surface area contributed by atoms with Gasteiger partial charge in [-0.3, -0.25) is 4.79 Å². The molecule has 0 bridgehead atoms. The van der Waals surface area contributed by atoms with Crippen LogP contribution < -0.4 is 4.74 Å². The van der Waals surface area contributed by atoms with Gasteiger partial charge < -0.3 is 4.74 Å². The fourth-order valence-corrected chi connectivity index (χ4v) is 2.97. The number of nitrogens with zero attached hydrogens (tertiary/aromatic N) is 2. The van der Waals surface area contributed by atoms with Crippen LogP contribution in [-0.2, 0) is 11.8 Å². The molecule has 0 fully saturated rings. The SMILES string of the molecule is COc1nc2cc(C(C)(C#N)Cc3ccccc3)ccc2cc1C=O. The van der Waals surface area contributed by atoms with E-state index >= 15 is 0 Å². The molecule has 2 aromatic carbocycles. The molecule has 4 nitrogen and oxygen atoms in total. The molecule has 0 aliphatic rings. The molecule has 3 aromatic rings. The Morgan fingerprint density at radius 3 is 2.60 bits per heavy atom. The van der Waals surface area contributed by atoms with Gasteiger partial charge in [-0.05, 0) is 36.6 Å². The molecule has 0 N–H and O–H groups in total. The summed E-state index contributed by atoms with van der Waals surface area (Å²) in [5.41, 5.74) is 2.44. The van der Waals surface area contributed by atoms with Gasteiger partial charge in [-0.15, -0.1) is 0 Å². The Balaban J connectivity index is 2.07. The number of carbonyl (C=O) groups is 1. The van der Waals surface area contributed by atoms with Crippen LogP contribution >= 0.6 is 0 Å². The molecule has 1 atom stereocenters. The van der Waals surface area contributed by atoms with Crippen molar-refractivity contribution in [2.75, 3.05) is 7.11 Å². The summed E-state index contributed by atoms with van der Waals surface area (Å²) in [7, 11) is 1.49. The van der Waals surface area contributed by atoms with Gasteiger partial charge in [0.25, 0.3) is 0 Å². The molecule has 0 aliphatic carbocycles. The van der Waals surface area contributed by atoms with Crippen molar-refractivity contribution in [1.29, 1.82) is 5.26 Å². The van der Waals surface area contributed by atoms with Crippen molar-refractivity contribution in [3.63, 3.8) is 0 Å². The minimum atomic E-state index is -0.673. The summed E-state index contributed by atoms with van der Waals surface area (Å²) in [6, 6.07) is 19.9. The summed E-state index contributed by atoms with van der Waals surface area (Å²) in [5, 5.41) is 10.7. The Kier molecular flexibility index (Phi) is 4.49. The summed E-state index contributed by atoms with van der Waals surface area (Å²) in [4.78, 5) is 15.6. The number of fused-ring (bicyclic) bond motifs is 1. The maximum Gasteiger partial charge on any atom is 0.224 e. The summed E-state index contributed by atoms with van der Waals surface area (Å²) in [5.74, 6) is 0.293. The zero-order valence-corrected chi connectivity index (χ0v) is 14.2. The quantitative estimate of drug-likeness (QED) is 0.661. The zero-order chi connectivity index (χ0) is 17.9. The normalized spacial score (nSPS) is 13.0. The number of aromatic nitrogens is 1. The van der Waals surface area contributed by atoms with Crippen LogP contribution in [0.4, 0.5) is 0 Å². The minimum Gasteiger partial charge on any atom is -0.480 e. The molecule has 1 heterocycles. The predicted molar refractivity (Wildman–Crippen MR) is 96.8 cm³/mol. The van der Waals surface area contributed by atoms with Crippen LogP contribution in [0.15, 0.2) is 54.6 Å². The van der Waals surface area contributed by atoms with Gasteiger partial charge in [-0.1, -0.05) is 42.5 Å². The monoisotopic (exact) mass is 330 g/mol. The minimum absolute atomic E-state index is 0.293. The summed E-state index contributed by atoms with van der Waals surface area (Å²) < 4.78 is 5.18. The first kappa shape index (κ1) is 16.7. The van der Waals surface area contributed by atoms with Crippen molar-refractivity contribution >= 4 is 17.2 Å². The van der Waals surface area contributed by atoms with Crippen LogP contribution in [0.3, 0.4) is 0 Å². The summed E-state index contributed by atoms with van der Waals surface area (Å²) in [6.45, 7) is 1.93. The van der Waals surface area contributed by atoms with E-state index in [0.29, 0.717) is 23.4 Å². The standard InChI is InChI=1S/C21H18N2O2/c1-21(14-22,12-15-6-4-3-5-7-15)18-9-8-16-10-17(13-24)20(25-2)23-19(16)11-18/h3-11,13H,12H2,1-2H3. The molecule has 0 spiro atoms. The fourth-order valence-electron chi connectivity index (χ4n) is 2.97. The highest BCUT2D eigenvalue weighted by molar-refractivity contribution is 5.89. The average molecular weight is 330 g/mol. The average Bonchev–Trinajstić information content (AvgIpc) is 2.67. The predicted octanol–water partition coefficient (Wildman–Crippen LogP) is 4.08. The van der Waals surface area contributed by atoms with Crippen molar-refractivity contribution in [3.8, 4) is 11.9 Å². The number of hydrogen-bond acceptors (Lipinski definition) is 4. The van der Waals surface area contributed by atoms with Gasteiger partial charge in [0.1, 0.15) is 0 Å². The lowest BCUT2D eigenvalue weighted by Gasteiger charge is -2.22. The topological polar surface area (TPSA) is 63.0 Å². The number of pyridine rings is 1. The third-order valence-electron chi connectivity index (χ3n) is 4.42. The lowest BCUT2D eigenvalue weighted by molar-refractivity contribution is 0.112. The number of rotatable bonds is 5. The van der Waals surface area contributed by atoms with Gasteiger partial charge >= 0.3 is 0 Å². The summed E-state index contributed by atoms with van der Waals surface area (Å²) >= 11 is 0. The van der Waals surface area contributed by atoms with E-state index in [4.69, 9.17) is 4.74 Å². The van der Waals surface area contributed by atoms with E-state index in [9.17, 15) is 10.1 Å². The van der Waals surface area contributed by atoms with E-state index in [-0.39, 0.29) is 0 Å². The second-order valence-electron chi connectivity index (χ2n) is 6.22. The molecular formula is C21H18N2O2. The molecule has 0 saturated heterocycles. The molecular weight excluding hydrogens is 312 g/mol. The number of carbonyl (C=O) groups excluding carboxylic acids is 1. The molecule has 1 unspecified atom stereocenters. The van der Waals surface area contributed by atoms with Crippen molar-refractivity contribution in [2.24, 2.45) is 0 Å². The van der Waals surface area contributed by atoms with Gasteiger partial charge in [-0.2, -0.15) is 5.26 Å². The van der Waals surface area contributed by atoms with Gasteiger partial charge in [0.2, 0.25) is 5.88 Å². The molecule has 25 heavy (non-hydrogen) atoms.